The van der Waals surface area contributed by atoms with Crippen LogP contribution in [0.15, 0.2) is 46.9 Å². The van der Waals surface area contributed by atoms with Crippen LogP contribution in [-0.2, 0) is 0 Å². The first-order valence-corrected chi connectivity index (χ1v) is 7.86. The maximum absolute atomic E-state index is 11.5. The molecule has 2 aromatic rings. The van der Waals surface area contributed by atoms with E-state index in [-0.39, 0.29) is 11.8 Å². The molecule has 21 heavy (non-hydrogen) atoms. The summed E-state index contributed by atoms with van der Waals surface area (Å²) in [6.07, 6.45) is 0. The lowest BCUT2D eigenvalue weighted by Crippen LogP contribution is -2.21. The number of rotatable bonds is 4. The molecule has 1 unspecified atom stereocenters. The molecular formula is C17H17BrClNO. The second-order valence-electron chi connectivity index (χ2n) is 5.06. The van der Waals surface area contributed by atoms with Crippen LogP contribution in [0.2, 0.25) is 5.02 Å². The number of anilines is 1. The van der Waals surface area contributed by atoms with Crippen molar-refractivity contribution in [3.05, 3.63) is 63.1 Å². The third-order valence-corrected chi connectivity index (χ3v) is 4.54. The molecule has 0 aliphatic carbocycles. The standard InChI is InChI=1S/C17H17BrClNO/c1-11(13-5-4-6-14(19)9-13)20(3)15-7-8-16(12(2)21)17(18)10-15/h4-11H,1-3H3. The summed E-state index contributed by atoms with van der Waals surface area (Å²) in [5.74, 6) is 0.0546. The van der Waals surface area contributed by atoms with Crippen LogP contribution < -0.4 is 4.90 Å². The lowest BCUT2D eigenvalue weighted by atomic mass is 10.1. The summed E-state index contributed by atoms with van der Waals surface area (Å²) in [5, 5.41) is 0.737. The Morgan fingerprint density at radius 1 is 1.24 bits per heavy atom. The van der Waals surface area contributed by atoms with E-state index in [1.165, 1.54) is 0 Å². The number of hydrogen-bond donors (Lipinski definition) is 0. The Balaban J connectivity index is 2.29. The molecule has 1 atom stereocenters. The Labute approximate surface area is 138 Å². The number of ketones is 1. The van der Waals surface area contributed by atoms with Gasteiger partial charge in [0.2, 0.25) is 0 Å². The molecule has 2 rings (SSSR count). The first-order valence-electron chi connectivity index (χ1n) is 6.69. The second kappa shape index (κ2) is 6.63. The van der Waals surface area contributed by atoms with Gasteiger partial charge in [-0.3, -0.25) is 4.79 Å². The zero-order valence-corrected chi connectivity index (χ0v) is 14.6. The predicted molar refractivity (Wildman–Crippen MR) is 92.4 cm³/mol. The molecule has 110 valence electrons. The number of Topliss-reactive ketones (excluding diaryl/α,β-unsaturated/α-hetero) is 1. The first-order chi connectivity index (χ1) is 9.90. The average Bonchev–Trinajstić information content (AvgIpc) is 2.45. The van der Waals surface area contributed by atoms with E-state index in [0.29, 0.717) is 5.56 Å². The summed E-state index contributed by atoms with van der Waals surface area (Å²) in [6.45, 7) is 3.69. The van der Waals surface area contributed by atoms with Crippen molar-refractivity contribution in [2.24, 2.45) is 0 Å². The zero-order chi connectivity index (χ0) is 15.6. The van der Waals surface area contributed by atoms with E-state index < -0.39 is 0 Å². The lowest BCUT2D eigenvalue weighted by molar-refractivity contribution is 0.101. The van der Waals surface area contributed by atoms with Gasteiger partial charge in [0, 0.05) is 27.8 Å². The second-order valence-corrected chi connectivity index (χ2v) is 6.35. The molecular weight excluding hydrogens is 350 g/mol. The fourth-order valence-electron chi connectivity index (χ4n) is 2.22. The summed E-state index contributed by atoms with van der Waals surface area (Å²) < 4.78 is 0.817. The number of carbonyl (C=O) groups is 1. The summed E-state index contributed by atoms with van der Waals surface area (Å²) in [5.41, 5.74) is 2.89. The van der Waals surface area contributed by atoms with Gasteiger partial charge in [0.15, 0.2) is 5.78 Å². The minimum Gasteiger partial charge on any atom is -0.368 e. The molecule has 2 nitrogen and oxygen atoms in total. The van der Waals surface area contributed by atoms with Crippen LogP contribution in [0.25, 0.3) is 0 Å². The van der Waals surface area contributed by atoms with Crippen LogP contribution in [0, 0.1) is 0 Å². The molecule has 0 amide bonds. The third-order valence-electron chi connectivity index (χ3n) is 3.65. The molecule has 0 bridgehead atoms. The Kier molecular flexibility index (Phi) is 5.07. The molecule has 0 radical (unpaired) electrons. The van der Waals surface area contributed by atoms with E-state index in [1.54, 1.807) is 6.92 Å². The SMILES string of the molecule is CC(=O)c1ccc(N(C)C(C)c2cccc(Cl)c2)cc1Br. The Bertz CT molecular complexity index is 672. The van der Waals surface area contributed by atoms with Gasteiger partial charge in [-0.25, -0.2) is 0 Å². The maximum atomic E-state index is 11.5. The third kappa shape index (κ3) is 3.66. The molecule has 0 aliphatic rings. The van der Waals surface area contributed by atoms with E-state index in [0.717, 1.165) is 20.7 Å². The molecule has 0 spiro atoms. The van der Waals surface area contributed by atoms with Crippen molar-refractivity contribution in [3.63, 3.8) is 0 Å². The summed E-state index contributed by atoms with van der Waals surface area (Å²) in [4.78, 5) is 13.6. The van der Waals surface area contributed by atoms with Crippen LogP contribution in [-0.4, -0.2) is 12.8 Å². The van der Waals surface area contributed by atoms with Crippen molar-refractivity contribution in [2.75, 3.05) is 11.9 Å². The highest BCUT2D eigenvalue weighted by atomic mass is 79.9. The van der Waals surface area contributed by atoms with Crippen molar-refractivity contribution in [1.82, 2.24) is 0 Å². The lowest BCUT2D eigenvalue weighted by Gasteiger charge is -2.28. The zero-order valence-electron chi connectivity index (χ0n) is 12.2. The van der Waals surface area contributed by atoms with Gasteiger partial charge in [0.25, 0.3) is 0 Å². The van der Waals surface area contributed by atoms with Crippen LogP contribution in [0.4, 0.5) is 5.69 Å². The van der Waals surface area contributed by atoms with Crippen LogP contribution in [0.5, 0.6) is 0 Å². The minimum absolute atomic E-state index is 0.0546. The largest absolute Gasteiger partial charge is 0.368 e. The van der Waals surface area contributed by atoms with Gasteiger partial charge < -0.3 is 4.90 Å². The van der Waals surface area contributed by atoms with Crippen molar-refractivity contribution in [2.45, 2.75) is 19.9 Å². The number of carbonyl (C=O) groups excluding carboxylic acids is 1. The summed E-state index contributed by atoms with van der Waals surface area (Å²) in [7, 11) is 2.03. The molecule has 2 aromatic carbocycles. The molecule has 0 aliphatic heterocycles. The highest BCUT2D eigenvalue weighted by Crippen LogP contribution is 2.30. The van der Waals surface area contributed by atoms with Crippen LogP contribution >= 0.6 is 27.5 Å². The van der Waals surface area contributed by atoms with E-state index in [1.807, 2.05) is 43.4 Å². The highest BCUT2D eigenvalue weighted by molar-refractivity contribution is 9.10. The summed E-state index contributed by atoms with van der Waals surface area (Å²) >= 11 is 9.52. The van der Waals surface area contributed by atoms with Gasteiger partial charge in [-0.2, -0.15) is 0 Å². The normalized spacial score (nSPS) is 12.0. The van der Waals surface area contributed by atoms with Crippen LogP contribution in [0.3, 0.4) is 0 Å². The highest BCUT2D eigenvalue weighted by Gasteiger charge is 2.14. The van der Waals surface area contributed by atoms with E-state index in [9.17, 15) is 4.79 Å². The van der Waals surface area contributed by atoms with E-state index in [2.05, 4.69) is 33.8 Å². The molecule has 4 heteroatoms. The van der Waals surface area contributed by atoms with Gasteiger partial charge in [-0.15, -0.1) is 0 Å². The molecule has 0 saturated heterocycles. The Morgan fingerprint density at radius 2 is 1.95 bits per heavy atom. The number of hydrogen-bond acceptors (Lipinski definition) is 2. The predicted octanol–water partition coefficient (Wildman–Crippen LogP) is 5.50. The van der Waals surface area contributed by atoms with Crippen molar-refractivity contribution in [3.8, 4) is 0 Å². The van der Waals surface area contributed by atoms with Crippen molar-refractivity contribution >= 4 is 39.0 Å². The molecule has 0 fully saturated rings. The minimum atomic E-state index is 0.0546. The van der Waals surface area contributed by atoms with Gasteiger partial charge in [0.05, 0.1) is 6.04 Å². The topological polar surface area (TPSA) is 20.3 Å². The van der Waals surface area contributed by atoms with E-state index >= 15 is 0 Å². The summed E-state index contributed by atoms with van der Waals surface area (Å²) in [6, 6.07) is 13.8. The molecule has 0 N–H and O–H groups in total. The Morgan fingerprint density at radius 3 is 2.52 bits per heavy atom. The molecule has 0 saturated carbocycles. The van der Waals surface area contributed by atoms with E-state index in [4.69, 9.17) is 11.6 Å². The number of benzene rings is 2. The fourth-order valence-corrected chi connectivity index (χ4v) is 3.07. The fraction of sp³-hybridized carbons (Fsp3) is 0.235. The smallest absolute Gasteiger partial charge is 0.160 e. The van der Waals surface area contributed by atoms with Gasteiger partial charge in [0.1, 0.15) is 0 Å². The first kappa shape index (κ1) is 16.1. The van der Waals surface area contributed by atoms with Crippen molar-refractivity contribution < 1.29 is 4.79 Å². The van der Waals surface area contributed by atoms with Gasteiger partial charge in [-0.05, 0) is 65.7 Å². The number of nitrogens with zero attached hydrogens (tertiary/aromatic N) is 1. The molecule has 0 heterocycles. The van der Waals surface area contributed by atoms with Crippen molar-refractivity contribution in [1.29, 1.82) is 0 Å². The monoisotopic (exact) mass is 365 g/mol. The quantitative estimate of drug-likeness (QED) is 0.666. The van der Waals surface area contributed by atoms with Crippen LogP contribution in [0.1, 0.15) is 35.8 Å². The molecule has 0 aromatic heterocycles. The Hall–Kier alpha value is -1.32. The number of halogens is 2. The van der Waals surface area contributed by atoms with Gasteiger partial charge >= 0.3 is 0 Å². The average molecular weight is 367 g/mol. The maximum Gasteiger partial charge on any atom is 0.160 e. The van der Waals surface area contributed by atoms with Gasteiger partial charge in [-0.1, -0.05) is 23.7 Å².